The molecule has 27 heavy (non-hydrogen) atoms. The van der Waals surface area contributed by atoms with Crippen molar-refractivity contribution >= 4 is 17.3 Å². The van der Waals surface area contributed by atoms with E-state index in [2.05, 4.69) is 57.2 Å². The standard InChI is InChI=1S/C19H26N6OS/c1-3-20-19(22-13-14(2)12-15-6-5-11-27-15)21-9-8-17-23-18(25-24-17)16-7-4-10-26-16/h4-7,10-11,14H,3,8-9,12-13H2,1-2H3,(H2,20,21,22)(H,23,24,25). The van der Waals surface area contributed by atoms with Crippen molar-refractivity contribution in [1.29, 1.82) is 0 Å². The molecule has 0 saturated heterocycles. The van der Waals surface area contributed by atoms with E-state index in [4.69, 9.17) is 9.41 Å². The molecule has 144 valence electrons. The van der Waals surface area contributed by atoms with Crippen LogP contribution in [0, 0.1) is 5.92 Å². The summed E-state index contributed by atoms with van der Waals surface area (Å²) in [6, 6.07) is 7.95. The highest BCUT2D eigenvalue weighted by Crippen LogP contribution is 2.15. The largest absolute Gasteiger partial charge is 0.461 e. The van der Waals surface area contributed by atoms with Gasteiger partial charge in [-0.2, -0.15) is 5.10 Å². The van der Waals surface area contributed by atoms with Crippen LogP contribution in [0.4, 0.5) is 0 Å². The van der Waals surface area contributed by atoms with Crippen LogP contribution in [0.25, 0.3) is 11.6 Å². The highest BCUT2D eigenvalue weighted by molar-refractivity contribution is 7.09. The Bertz CT molecular complexity index is 809. The van der Waals surface area contributed by atoms with Gasteiger partial charge in [-0.05, 0) is 42.8 Å². The summed E-state index contributed by atoms with van der Waals surface area (Å²) in [5.74, 6) is 3.40. The van der Waals surface area contributed by atoms with Gasteiger partial charge in [0.25, 0.3) is 0 Å². The van der Waals surface area contributed by atoms with Crippen molar-refractivity contribution in [2.24, 2.45) is 10.9 Å². The molecule has 0 aliphatic heterocycles. The summed E-state index contributed by atoms with van der Waals surface area (Å²) in [5, 5.41) is 15.9. The Kier molecular flexibility index (Phi) is 7.04. The summed E-state index contributed by atoms with van der Waals surface area (Å²) < 4.78 is 5.31. The molecule has 1 unspecified atom stereocenters. The van der Waals surface area contributed by atoms with E-state index >= 15 is 0 Å². The zero-order valence-corrected chi connectivity index (χ0v) is 16.6. The average Bonchev–Trinajstić information content (AvgIpc) is 3.41. The number of furan rings is 1. The van der Waals surface area contributed by atoms with Crippen LogP contribution >= 0.6 is 11.3 Å². The van der Waals surface area contributed by atoms with Crippen molar-refractivity contribution in [3.05, 3.63) is 46.6 Å². The molecular weight excluding hydrogens is 360 g/mol. The van der Waals surface area contributed by atoms with Crippen LogP contribution < -0.4 is 10.6 Å². The second kappa shape index (κ2) is 9.91. The fourth-order valence-corrected chi connectivity index (χ4v) is 3.52. The third-order valence-corrected chi connectivity index (χ3v) is 4.86. The average molecular weight is 387 g/mol. The molecular formula is C19H26N6OS. The topological polar surface area (TPSA) is 91.1 Å². The minimum atomic E-state index is 0.504. The summed E-state index contributed by atoms with van der Waals surface area (Å²) in [7, 11) is 0. The Hall–Kier alpha value is -2.61. The quantitative estimate of drug-likeness (QED) is 0.388. The summed E-state index contributed by atoms with van der Waals surface area (Å²) in [5.41, 5.74) is 0. The maximum atomic E-state index is 5.31. The van der Waals surface area contributed by atoms with Gasteiger partial charge >= 0.3 is 0 Å². The third kappa shape index (κ3) is 5.96. The van der Waals surface area contributed by atoms with Gasteiger partial charge in [-0.1, -0.05) is 13.0 Å². The molecule has 0 radical (unpaired) electrons. The molecule has 3 heterocycles. The molecule has 7 nitrogen and oxygen atoms in total. The van der Waals surface area contributed by atoms with Gasteiger partial charge < -0.3 is 15.1 Å². The maximum Gasteiger partial charge on any atom is 0.216 e. The number of aliphatic imine (C=N–C) groups is 1. The number of rotatable bonds is 9. The lowest BCUT2D eigenvalue weighted by molar-refractivity contribution is 0.577. The van der Waals surface area contributed by atoms with Gasteiger partial charge in [0.1, 0.15) is 5.82 Å². The molecule has 0 aliphatic carbocycles. The number of nitrogens with zero attached hydrogens (tertiary/aromatic N) is 3. The van der Waals surface area contributed by atoms with Crippen molar-refractivity contribution in [2.75, 3.05) is 19.6 Å². The predicted octanol–water partition coefficient (Wildman–Crippen LogP) is 3.10. The molecule has 0 fully saturated rings. The number of guanidine groups is 1. The van der Waals surface area contributed by atoms with Gasteiger partial charge in [0.15, 0.2) is 11.7 Å². The molecule has 0 aliphatic rings. The van der Waals surface area contributed by atoms with Crippen molar-refractivity contribution < 1.29 is 4.42 Å². The van der Waals surface area contributed by atoms with Crippen molar-refractivity contribution in [3.63, 3.8) is 0 Å². The van der Waals surface area contributed by atoms with Crippen molar-refractivity contribution in [3.8, 4) is 11.6 Å². The first-order chi connectivity index (χ1) is 13.2. The van der Waals surface area contributed by atoms with Gasteiger partial charge in [-0.15, -0.1) is 11.3 Å². The molecule has 3 N–H and O–H groups in total. The molecule has 3 rings (SSSR count). The Morgan fingerprint density at radius 2 is 2.26 bits per heavy atom. The second-order valence-electron chi connectivity index (χ2n) is 6.37. The molecule has 0 bridgehead atoms. The van der Waals surface area contributed by atoms with E-state index in [0.717, 1.165) is 44.3 Å². The van der Waals surface area contributed by atoms with Crippen LogP contribution in [-0.2, 0) is 12.8 Å². The number of nitrogens with one attached hydrogen (secondary N) is 3. The van der Waals surface area contributed by atoms with E-state index in [1.54, 1.807) is 17.6 Å². The minimum absolute atomic E-state index is 0.504. The number of hydrogen-bond donors (Lipinski definition) is 3. The van der Waals surface area contributed by atoms with Crippen LogP contribution in [0.2, 0.25) is 0 Å². The number of aromatic amines is 1. The first-order valence-corrected chi connectivity index (χ1v) is 10.1. The van der Waals surface area contributed by atoms with E-state index in [9.17, 15) is 0 Å². The summed E-state index contributed by atoms with van der Waals surface area (Å²) in [4.78, 5) is 10.6. The first kappa shape index (κ1) is 19.2. The zero-order valence-electron chi connectivity index (χ0n) is 15.7. The molecule has 1 atom stereocenters. The summed E-state index contributed by atoms with van der Waals surface area (Å²) in [6.07, 6.45) is 3.41. The molecule has 0 spiro atoms. The lowest BCUT2D eigenvalue weighted by Gasteiger charge is -2.12. The van der Waals surface area contributed by atoms with Crippen LogP contribution in [0.15, 0.2) is 45.3 Å². The lowest BCUT2D eigenvalue weighted by Crippen LogP contribution is -2.38. The molecule has 3 aromatic heterocycles. The van der Waals surface area contributed by atoms with Crippen molar-refractivity contribution in [1.82, 2.24) is 25.8 Å². The van der Waals surface area contributed by atoms with Crippen LogP contribution in [0.1, 0.15) is 24.5 Å². The minimum Gasteiger partial charge on any atom is -0.461 e. The van der Waals surface area contributed by atoms with E-state index < -0.39 is 0 Å². The number of H-pyrrole nitrogens is 1. The van der Waals surface area contributed by atoms with E-state index in [1.165, 1.54) is 4.88 Å². The van der Waals surface area contributed by atoms with Gasteiger partial charge in [0, 0.05) is 30.9 Å². The molecule has 3 aromatic rings. The molecule has 0 saturated carbocycles. The van der Waals surface area contributed by atoms with E-state index in [0.29, 0.717) is 17.5 Å². The lowest BCUT2D eigenvalue weighted by atomic mass is 10.1. The van der Waals surface area contributed by atoms with Gasteiger partial charge in [0.2, 0.25) is 5.82 Å². The summed E-state index contributed by atoms with van der Waals surface area (Å²) >= 11 is 1.81. The fourth-order valence-electron chi connectivity index (χ4n) is 2.65. The number of thiophene rings is 1. The Balaban J connectivity index is 1.46. The van der Waals surface area contributed by atoms with Gasteiger partial charge in [0.05, 0.1) is 6.26 Å². The predicted molar refractivity (Wildman–Crippen MR) is 109 cm³/mol. The highest BCUT2D eigenvalue weighted by Gasteiger charge is 2.09. The van der Waals surface area contributed by atoms with Crippen LogP contribution in [-0.4, -0.2) is 40.8 Å². The maximum absolute atomic E-state index is 5.31. The van der Waals surface area contributed by atoms with Crippen LogP contribution in [0.3, 0.4) is 0 Å². The van der Waals surface area contributed by atoms with Crippen molar-refractivity contribution in [2.45, 2.75) is 26.7 Å². The fraction of sp³-hybridized carbons (Fsp3) is 0.421. The molecule has 0 aromatic carbocycles. The Morgan fingerprint density at radius 1 is 1.33 bits per heavy atom. The first-order valence-electron chi connectivity index (χ1n) is 9.24. The second-order valence-corrected chi connectivity index (χ2v) is 7.40. The molecule has 8 heteroatoms. The Morgan fingerprint density at radius 3 is 3.00 bits per heavy atom. The van der Waals surface area contributed by atoms with Gasteiger partial charge in [-0.25, -0.2) is 4.98 Å². The van der Waals surface area contributed by atoms with E-state index in [1.807, 2.05) is 12.1 Å². The SMILES string of the molecule is CCNC(=NCC(C)Cc1cccs1)NCCc1nc(-c2ccco2)n[nH]1. The Labute approximate surface area is 163 Å². The highest BCUT2D eigenvalue weighted by atomic mass is 32.1. The smallest absolute Gasteiger partial charge is 0.216 e. The zero-order chi connectivity index (χ0) is 18.9. The number of aromatic nitrogens is 3. The normalized spacial score (nSPS) is 12.9. The third-order valence-electron chi connectivity index (χ3n) is 3.96. The molecule has 0 amide bonds. The van der Waals surface area contributed by atoms with Gasteiger partial charge in [-0.3, -0.25) is 10.1 Å². The number of hydrogen-bond acceptors (Lipinski definition) is 5. The van der Waals surface area contributed by atoms with E-state index in [-0.39, 0.29) is 0 Å². The van der Waals surface area contributed by atoms with Crippen LogP contribution in [0.5, 0.6) is 0 Å². The summed E-state index contributed by atoms with van der Waals surface area (Å²) in [6.45, 7) is 6.64. The monoisotopic (exact) mass is 386 g/mol.